The molecule has 0 fully saturated rings. The van der Waals surface area contributed by atoms with Crippen molar-refractivity contribution in [2.45, 2.75) is 6.92 Å². The van der Waals surface area contributed by atoms with E-state index in [4.69, 9.17) is 9.47 Å². The zero-order valence-electron chi connectivity index (χ0n) is 14.6. The molecule has 2 aromatic carbocycles. The number of nitrogens with one attached hydrogen (secondary N) is 2. The molecule has 0 aliphatic heterocycles. The van der Waals surface area contributed by atoms with Gasteiger partial charge in [0, 0.05) is 9.26 Å². The van der Waals surface area contributed by atoms with Crippen molar-refractivity contribution < 1.29 is 14.3 Å². The van der Waals surface area contributed by atoms with Crippen LogP contribution in [0.15, 0.2) is 39.9 Å². The number of carbonyl (C=O) groups excluding carboxylic acids is 1. The molecule has 0 atom stereocenters. The summed E-state index contributed by atoms with van der Waals surface area (Å²) in [6, 6.07) is 9.53. The summed E-state index contributed by atoms with van der Waals surface area (Å²) in [5.74, 6) is 0.938. The second-order valence-corrected chi connectivity index (χ2v) is 7.37. The minimum Gasteiger partial charge on any atom is -0.493 e. The molecule has 0 spiro atoms. The van der Waals surface area contributed by atoms with Crippen LogP contribution in [0.1, 0.15) is 11.1 Å². The number of rotatable bonds is 7. The molecule has 0 aliphatic rings. The molecule has 0 heterocycles. The number of methoxy groups -OCH3 is 2. The SMILES string of the molecule is COc1cc(/C=N/NC(=O)CNc2ccc(I)c(C)c2)cc(Br)c1OC. The fourth-order valence-electron chi connectivity index (χ4n) is 2.17. The van der Waals surface area contributed by atoms with E-state index in [9.17, 15) is 4.79 Å². The van der Waals surface area contributed by atoms with Crippen LogP contribution in [0.3, 0.4) is 0 Å². The van der Waals surface area contributed by atoms with Crippen LogP contribution in [-0.2, 0) is 4.79 Å². The Morgan fingerprint density at radius 2 is 2.04 bits per heavy atom. The maximum atomic E-state index is 11.9. The summed E-state index contributed by atoms with van der Waals surface area (Å²) >= 11 is 5.69. The second-order valence-electron chi connectivity index (χ2n) is 5.35. The van der Waals surface area contributed by atoms with Crippen molar-refractivity contribution in [2.75, 3.05) is 26.1 Å². The number of benzene rings is 2. The average molecular weight is 532 g/mol. The lowest BCUT2D eigenvalue weighted by atomic mass is 10.2. The van der Waals surface area contributed by atoms with Crippen molar-refractivity contribution in [3.05, 3.63) is 49.5 Å². The number of halogens is 2. The topological polar surface area (TPSA) is 72.0 Å². The van der Waals surface area contributed by atoms with Gasteiger partial charge in [0.05, 0.1) is 31.5 Å². The first-order valence-electron chi connectivity index (χ1n) is 7.68. The highest BCUT2D eigenvalue weighted by Crippen LogP contribution is 2.35. The van der Waals surface area contributed by atoms with Crippen molar-refractivity contribution in [3.8, 4) is 11.5 Å². The van der Waals surface area contributed by atoms with Gasteiger partial charge < -0.3 is 14.8 Å². The van der Waals surface area contributed by atoms with E-state index in [0.717, 1.165) is 21.3 Å². The van der Waals surface area contributed by atoms with Crippen LogP contribution < -0.4 is 20.2 Å². The number of aryl methyl sites for hydroxylation is 1. The summed E-state index contributed by atoms with van der Waals surface area (Å²) in [5.41, 5.74) is 5.31. The largest absolute Gasteiger partial charge is 0.493 e. The molecular formula is C18H19BrIN3O3. The molecule has 1 amide bonds. The van der Waals surface area contributed by atoms with Crippen molar-refractivity contribution in [2.24, 2.45) is 5.10 Å². The van der Waals surface area contributed by atoms with Gasteiger partial charge in [-0.15, -0.1) is 0 Å². The highest BCUT2D eigenvalue weighted by atomic mass is 127. The van der Waals surface area contributed by atoms with E-state index < -0.39 is 0 Å². The van der Waals surface area contributed by atoms with Gasteiger partial charge in [0.15, 0.2) is 11.5 Å². The highest BCUT2D eigenvalue weighted by Gasteiger charge is 2.09. The Labute approximate surface area is 174 Å². The first-order valence-corrected chi connectivity index (χ1v) is 9.55. The quantitative estimate of drug-likeness (QED) is 0.322. The normalized spacial score (nSPS) is 10.7. The Kier molecular flexibility index (Phi) is 7.70. The van der Waals surface area contributed by atoms with E-state index in [0.29, 0.717) is 11.5 Å². The highest BCUT2D eigenvalue weighted by molar-refractivity contribution is 14.1. The van der Waals surface area contributed by atoms with Crippen molar-refractivity contribution in [3.63, 3.8) is 0 Å². The van der Waals surface area contributed by atoms with Crippen LogP contribution in [0, 0.1) is 10.5 Å². The Balaban J connectivity index is 1.92. The molecule has 0 saturated heterocycles. The maximum absolute atomic E-state index is 11.9. The monoisotopic (exact) mass is 531 g/mol. The summed E-state index contributed by atoms with van der Waals surface area (Å²) in [7, 11) is 3.13. The molecule has 0 bridgehead atoms. The Morgan fingerprint density at radius 1 is 1.27 bits per heavy atom. The van der Waals surface area contributed by atoms with Gasteiger partial charge in [-0.2, -0.15) is 5.10 Å². The van der Waals surface area contributed by atoms with E-state index in [1.807, 2.05) is 31.2 Å². The number of hydrogen-bond donors (Lipinski definition) is 2. The number of ether oxygens (including phenoxy) is 2. The van der Waals surface area contributed by atoms with Gasteiger partial charge in [0.25, 0.3) is 5.91 Å². The number of carbonyl (C=O) groups is 1. The van der Waals surface area contributed by atoms with Gasteiger partial charge in [0.1, 0.15) is 0 Å². The Hall–Kier alpha value is -1.81. The van der Waals surface area contributed by atoms with Crippen molar-refractivity contribution >= 4 is 56.3 Å². The lowest BCUT2D eigenvalue weighted by Gasteiger charge is -2.10. The van der Waals surface area contributed by atoms with Crippen LogP contribution in [0.5, 0.6) is 11.5 Å². The van der Waals surface area contributed by atoms with Gasteiger partial charge in [-0.3, -0.25) is 4.79 Å². The molecule has 2 aromatic rings. The van der Waals surface area contributed by atoms with Crippen LogP contribution in [0.4, 0.5) is 5.69 Å². The smallest absolute Gasteiger partial charge is 0.259 e. The molecule has 0 aliphatic carbocycles. The lowest BCUT2D eigenvalue weighted by molar-refractivity contribution is -0.119. The molecular weight excluding hydrogens is 513 g/mol. The number of hydrazone groups is 1. The molecule has 0 aromatic heterocycles. The van der Waals surface area contributed by atoms with Gasteiger partial charge in [-0.05, 0) is 86.9 Å². The molecule has 2 N–H and O–H groups in total. The minimum atomic E-state index is -0.239. The molecule has 8 heteroatoms. The van der Waals surface area contributed by atoms with Crippen molar-refractivity contribution in [1.82, 2.24) is 5.43 Å². The Bertz CT molecular complexity index is 828. The summed E-state index contributed by atoms with van der Waals surface area (Å²) in [6.45, 7) is 2.16. The standard InChI is InChI=1S/C18H19BrIN3O3/c1-11-6-13(4-5-15(11)20)21-10-17(24)23-22-9-12-7-14(19)18(26-3)16(8-12)25-2/h4-9,21H,10H2,1-3H3,(H,23,24)/b22-9+. The fourth-order valence-corrected chi connectivity index (χ4v) is 3.12. The summed E-state index contributed by atoms with van der Waals surface area (Å²) in [6.07, 6.45) is 1.54. The number of nitrogens with zero attached hydrogens (tertiary/aromatic N) is 1. The first-order chi connectivity index (χ1) is 12.4. The van der Waals surface area contributed by atoms with E-state index in [-0.39, 0.29) is 12.5 Å². The third-order valence-corrected chi connectivity index (χ3v) is 5.27. The molecule has 26 heavy (non-hydrogen) atoms. The molecule has 6 nitrogen and oxygen atoms in total. The van der Waals surface area contributed by atoms with Gasteiger partial charge >= 0.3 is 0 Å². The summed E-state index contributed by atoms with van der Waals surface area (Å²) in [4.78, 5) is 11.9. The van der Waals surface area contributed by atoms with E-state index >= 15 is 0 Å². The number of hydrogen-bond acceptors (Lipinski definition) is 5. The van der Waals surface area contributed by atoms with Crippen LogP contribution in [0.25, 0.3) is 0 Å². The van der Waals surface area contributed by atoms with E-state index in [2.05, 4.69) is 54.4 Å². The molecule has 0 unspecified atom stereocenters. The zero-order valence-corrected chi connectivity index (χ0v) is 18.3. The third kappa shape index (κ3) is 5.60. The maximum Gasteiger partial charge on any atom is 0.259 e. The predicted molar refractivity (Wildman–Crippen MR) is 115 cm³/mol. The number of anilines is 1. The number of amides is 1. The van der Waals surface area contributed by atoms with E-state index in [1.165, 1.54) is 3.57 Å². The molecule has 2 rings (SSSR count). The minimum absolute atomic E-state index is 0.132. The van der Waals surface area contributed by atoms with Gasteiger partial charge in [-0.25, -0.2) is 5.43 Å². The van der Waals surface area contributed by atoms with Crippen LogP contribution >= 0.6 is 38.5 Å². The second kappa shape index (κ2) is 9.77. The Morgan fingerprint density at radius 3 is 2.69 bits per heavy atom. The molecule has 138 valence electrons. The zero-order chi connectivity index (χ0) is 19.1. The first kappa shape index (κ1) is 20.5. The van der Waals surface area contributed by atoms with Gasteiger partial charge in [-0.1, -0.05) is 0 Å². The summed E-state index contributed by atoms with van der Waals surface area (Å²) in [5, 5.41) is 7.04. The predicted octanol–water partition coefficient (Wildman–Crippen LogP) is 3.94. The third-order valence-electron chi connectivity index (χ3n) is 3.47. The van der Waals surface area contributed by atoms with Crippen molar-refractivity contribution in [1.29, 1.82) is 0 Å². The average Bonchev–Trinajstić information content (AvgIpc) is 2.62. The lowest BCUT2D eigenvalue weighted by Crippen LogP contribution is -2.25. The van der Waals surface area contributed by atoms with Gasteiger partial charge in [0.2, 0.25) is 0 Å². The van der Waals surface area contributed by atoms with E-state index in [1.54, 1.807) is 26.5 Å². The summed E-state index contributed by atoms with van der Waals surface area (Å²) < 4.78 is 12.5. The molecule has 0 saturated carbocycles. The fraction of sp³-hybridized carbons (Fsp3) is 0.222. The van der Waals surface area contributed by atoms with Crippen LogP contribution in [0.2, 0.25) is 0 Å². The molecule has 0 radical (unpaired) electrons. The van der Waals surface area contributed by atoms with Crippen LogP contribution in [-0.4, -0.2) is 32.9 Å².